The van der Waals surface area contributed by atoms with E-state index in [0.717, 1.165) is 60.9 Å². The Morgan fingerprint density at radius 3 is 2.32 bits per heavy atom. The number of fused-ring (bicyclic) bond motifs is 1. The molecule has 0 unspecified atom stereocenters. The molecule has 1 atom stereocenters. The lowest BCUT2D eigenvalue weighted by molar-refractivity contribution is -0.140. The van der Waals surface area contributed by atoms with Gasteiger partial charge in [-0.25, -0.2) is 4.79 Å². The van der Waals surface area contributed by atoms with Crippen LogP contribution in [0.4, 0.5) is 0 Å². The number of pyridine rings is 1. The molecule has 0 bridgehead atoms. The molecule has 1 aromatic heterocycles. The maximum absolute atomic E-state index is 13.4. The number of carboxylic acid groups (broad SMARTS) is 1. The van der Waals surface area contributed by atoms with Crippen LogP contribution in [0.1, 0.15) is 72.3 Å². The van der Waals surface area contributed by atoms with Crippen molar-refractivity contribution in [3.63, 3.8) is 0 Å². The van der Waals surface area contributed by atoms with Crippen molar-refractivity contribution in [1.29, 1.82) is 0 Å². The van der Waals surface area contributed by atoms with E-state index in [1.54, 1.807) is 24.5 Å². The Morgan fingerprint density at radius 1 is 1.06 bits per heavy atom. The third kappa shape index (κ3) is 5.43. The molecular weight excluding hydrogens is 392 g/mol. The Bertz CT molecular complexity index is 1010. The smallest absolute Gasteiger partial charge is 0.326 e. The Hall–Kier alpha value is -2.89. The molecule has 2 aromatic rings. The molecule has 6 heteroatoms. The highest BCUT2D eigenvalue weighted by molar-refractivity contribution is 5.96. The third-order valence-electron chi connectivity index (χ3n) is 6.03. The molecular formula is C25H32N2O4. The van der Waals surface area contributed by atoms with Crippen LogP contribution in [0.5, 0.6) is 0 Å². The molecule has 0 saturated carbocycles. The van der Waals surface area contributed by atoms with Crippen LogP contribution in [0, 0.1) is 12.8 Å². The summed E-state index contributed by atoms with van der Waals surface area (Å²) in [5, 5.41) is 12.0. The van der Waals surface area contributed by atoms with Gasteiger partial charge in [0.1, 0.15) is 11.6 Å². The van der Waals surface area contributed by atoms with Crippen LogP contribution in [0.25, 0.3) is 0 Å². The number of carboxylic acids is 1. The van der Waals surface area contributed by atoms with Gasteiger partial charge < -0.3 is 15.0 Å². The fourth-order valence-corrected chi connectivity index (χ4v) is 4.17. The molecule has 0 saturated heterocycles. The number of carbonyl (C=O) groups is 2. The number of amides is 1. The van der Waals surface area contributed by atoms with Gasteiger partial charge in [-0.15, -0.1) is 0 Å². The number of carbonyl (C=O) groups excluding carboxylic acids is 1. The molecule has 1 amide bonds. The number of aromatic nitrogens is 1. The van der Waals surface area contributed by atoms with Crippen molar-refractivity contribution in [3.05, 3.63) is 68.6 Å². The van der Waals surface area contributed by atoms with Crippen LogP contribution < -0.4 is 10.9 Å². The van der Waals surface area contributed by atoms with E-state index in [2.05, 4.69) is 5.32 Å². The van der Waals surface area contributed by atoms with Gasteiger partial charge in [0.25, 0.3) is 11.5 Å². The van der Waals surface area contributed by atoms with Gasteiger partial charge >= 0.3 is 5.97 Å². The lowest BCUT2D eigenvalue weighted by Gasteiger charge is -2.22. The standard InChI is InChI=1S/C25H32N2O4/c1-16(2)22(25(30)31)26-23(28)20-14-19-8-6-4-5-7-9-21(19)27(24(20)29)15-18-12-10-17(3)11-13-18/h10-14,16,22H,4-9,15H2,1-3H3,(H,26,28)(H,30,31)/t22-/m0/s1. The number of nitrogens with zero attached hydrogens (tertiary/aromatic N) is 1. The first-order valence-electron chi connectivity index (χ1n) is 11.1. The highest BCUT2D eigenvalue weighted by atomic mass is 16.4. The van der Waals surface area contributed by atoms with Crippen LogP contribution in [-0.4, -0.2) is 27.6 Å². The molecule has 0 fully saturated rings. The quantitative estimate of drug-likeness (QED) is 0.740. The minimum atomic E-state index is -1.10. The first-order valence-corrected chi connectivity index (χ1v) is 11.1. The van der Waals surface area contributed by atoms with Gasteiger partial charge in [-0.1, -0.05) is 56.5 Å². The predicted molar refractivity (Wildman–Crippen MR) is 121 cm³/mol. The fourth-order valence-electron chi connectivity index (χ4n) is 4.17. The number of hydrogen-bond donors (Lipinski definition) is 2. The zero-order valence-corrected chi connectivity index (χ0v) is 18.6. The molecule has 0 aliphatic heterocycles. The summed E-state index contributed by atoms with van der Waals surface area (Å²) in [7, 11) is 0. The van der Waals surface area contributed by atoms with Gasteiger partial charge in [0, 0.05) is 5.69 Å². The van der Waals surface area contributed by atoms with Crippen LogP contribution in [0.15, 0.2) is 35.1 Å². The second-order valence-electron chi connectivity index (χ2n) is 8.85. The van der Waals surface area contributed by atoms with Crippen molar-refractivity contribution in [2.45, 2.75) is 71.9 Å². The SMILES string of the molecule is Cc1ccc(Cn2c3c(cc(C(=O)N[C@H](C(=O)O)C(C)C)c2=O)CCCCCC3)cc1. The van der Waals surface area contributed by atoms with E-state index in [-0.39, 0.29) is 17.0 Å². The summed E-state index contributed by atoms with van der Waals surface area (Å²) in [4.78, 5) is 38.0. The van der Waals surface area contributed by atoms with E-state index in [0.29, 0.717) is 6.54 Å². The number of aryl methyl sites for hydroxylation is 2. The van der Waals surface area contributed by atoms with Crippen molar-refractivity contribution < 1.29 is 14.7 Å². The molecule has 31 heavy (non-hydrogen) atoms. The van der Waals surface area contributed by atoms with E-state index in [1.165, 1.54) is 0 Å². The van der Waals surface area contributed by atoms with Gasteiger partial charge in [0.15, 0.2) is 0 Å². The Kier molecular flexibility index (Phi) is 7.31. The van der Waals surface area contributed by atoms with Gasteiger partial charge in [-0.2, -0.15) is 0 Å². The minimum absolute atomic E-state index is 0.0262. The van der Waals surface area contributed by atoms with E-state index < -0.39 is 17.9 Å². The number of benzene rings is 1. The summed E-state index contributed by atoms with van der Waals surface area (Å²) in [6, 6.07) is 8.69. The highest BCUT2D eigenvalue weighted by Crippen LogP contribution is 2.21. The summed E-state index contributed by atoms with van der Waals surface area (Å²) < 4.78 is 1.73. The number of rotatable bonds is 6. The van der Waals surface area contributed by atoms with Gasteiger partial charge in [-0.3, -0.25) is 9.59 Å². The van der Waals surface area contributed by atoms with Crippen LogP contribution in [-0.2, 0) is 24.2 Å². The largest absolute Gasteiger partial charge is 0.480 e. The molecule has 0 spiro atoms. The molecule has 0 radical (unpaired) electrons. The zero-order valence-electron chi connectivity index (χ0n) is 18.6. The maximum Gasteiger partial charge on any atom is 0.326 e. The molecule has 2 N–H and O–H groups in total. The summed E-state index contributed by atoms with van der Waals surface area (Å²) in [6.07, 6.45) is 5.92. The summed E-state index contributed by atoms with van der Waals surface area (Å²) >= 11 is 0. The first kappa shape index (κ1) is 22.8. The van der Waals surface area contributed by atoms with Crippen molar-refractivity contribution in [1.82, 2.24) is 9.88 Å². The van der Waals surface area contributed by atoms with Crippen molar-refractivity contribution in [2.24, 2.45) is 5.92 Å². The topological polar surface area (TPSA) is 88.4 Å². The Balaban J connectivity index is 2.06. The molecule has 166 valence electrons. The van der Waals surface area contributed by atoms with Gasteiger partial charge in [0.05, 0.1) is 6.54 Å². The molecule has 6 nitrogen and oxygen atoms in total. The molecule has 3 rings (SSSR count). The lowest BCUT2D eigenvalue weighted by Crippen LogP contribution is -2.46. The number of hydrogen-bond acceptors (Lipinski definition) is 3. The van der Waals surface area contributed by atoms with Crippen molar-refractivity contribution in [2.75, 3.05) is 0 Å². The van der Waals surface area contributed by atoms with Crippen molar-refractivity contribution in [3.8, 4) is 0 Å². The normalized spacial score (nSPS) is 15.0. The van der Waals surface area contributed by atoms with E-state index in [4.69, 9.17) is 0 Å². The highest BCUT2D eigenvalue weighted by Gasteiger charge is 2.27. The predicted octanol–water partition coefficient (Wildman–Crippen LogP) is 3.70. The monoisotopic (exact) mass is 424 g/mol. The average molecular weight is 425 g/mol. The van der Waals surface area contributed by atoms with Crippen LogP contribution >= 0.6 is 0 Å². The van der Waals surface area contributed by atoms with E-state index >= 15 is 0 Å². The number of nitrogens with one attached hydrogen (secondary N) is 1. The molecule has 1 aromatic carbocycles. The summed E-state index contributed by atoms with van der Waals surface area (Å²) in [5.74, 6) is -2.01. The third-order valence-corrected chi connectivity index (χ3v) is 6.03. The fraction of sp³-hybridized carbons (Fsp3) is 0.480. The van der Waals surface area contributed by atoms with Gasteiger partial charge in [-0.05, 0) is 55.7 Å². The molecule has 1 aliphatic rings. The molecule has 1 heterocycles. The summed E-state index contributed by atoms with van der Waals surface area (Å²) in [6.45, 7) is 5.88. The van der Waals surface area contributed by atoms with Crippen molar-refractivity contribution >= 4 is 11.9 Å². The van der Waals surface area contributed by atoms with Crippen LogP contribution in [0.2, 0.25) is 0 Å². The van der Waals surface area contributed by atoms with Crippen LogP contribution in [0.3, 0.4) is 0 Å². The minimum Gasteiger partial charge on any atom is -0.480 e. The number of aliphatic carboxylic acids is 1. The van der Waals surface area contributed by atoms with E-state index in [1.807, 2.05) is 31.2 Å². The average Bonchev–Trinajstić information content (AvgIpc) is 2.70. The maximum atomic E-state index is 13.4. The lowest BCUT2D eigenvalue weighted by atomic mass is 9.95. The second kappa shape index (κ2) is 9.94. The second-order valence-corrected chi connectivity index (χ2v) is 8.85. The first-order chi connectivity index (χ1) is 14.8. The van der Waals surface area contributed by atoms with E-state index in [9.17, 15) is 19.5 Å². The zero-order chi connectivity index (χ0) is 22.5. The van der Waals surface area contributed by atoms with Gasteiger partial charge in [0.2, 0.25) is 0 Å². The summed E-state index contributed by atoms with van der Waals surface area (Å²) in [5.41, 5.74) is 3.84. The Labute approximate surface area is 183 Å². The Morgan fingerprint density at radius 2 is 1.71 bits per heavy atom. The molecule has 1 aliphatic carbocycles.